The highest BCUT2D eigenvalue weighted by Gasteiger charge is 2.42. The zero-order valence-electron chi connectivity index (χ0n) is 12.7. The summed E-state index contributed by atoms with van der Waals surface area (Å²) >= 11 is 0. The summed E-state index contributed by atoms with van der Waals surface area (Å²) in [5.74, 6) is -0.747. The Balaban J connectivity index is 1.59. The standard InChI is InChI=1S/C17H23F2N3/c18-13-8-5-9-14(19)16(13)12-10-15(12)22-17(20)21-11-6-3-1-2-4-7-11/h5,8-9,11-12,15H,1-4,6-7,10H2,(H3,20,21,22). The van der Waals surface area contributed by atoms with E-state index in [9.17, 15) is 8.78 Å². The molecule has 0 spiro atoms. The molecule has 3 rings (SSSR count). The molecule has 3 N–H and O–H groups in total. The van der Waals surface area contributed by atoms with Crippen LogP contribution in [-0.4, -0.2) is 18.0 Å². The first-order valence-electron chi connectivity index (χ1n) is 8.19. The van der Waals surface area contributed by atoms with Gasteiger partial charge in [0.2, 0.25) is 0 Å². The van der Waals surface area contributed by atoms with Crippen LogP contribution in [-0.2, 0) is 0 Å². The summed E-state index contributed by atoms with van der Waals surface area (Å²) in [4.78, 5) is 4.40. The summed E-state index contributed by atoms with van der Waals surface area (Å²) in [6.45, 7) is 0. The highest BCUT2D eigenvalue weighted by atomic mass is 19.1. The molecule has 0 bridgehead atoms. The van der Waals surface area contributed by atoms with Crippen LogP contribution < -0.4 is 11.1 Å². The molecule has 0 heterocycles. The molecule has 5 heteroatoms. The second-order valence-electron chi connectivity index (χ2n) is 6.39. The minimum Gasteiger partial charge on any atom is -0.370 e. The zero-order valence-corrected chi connectivity index (χ0v) is 12.7. The first-order valence-corrected chi connectivity index (χ1v) is 8.19. The van der Waals surface area contributed by atoms with Crippen LogP contribution in [0.3, 0.4) is 0 Å². The first-order chi connectivity index (χ1) is 10.6. The van der Waals surface area contributed by atoms with Crippen LogP contribution in [0.2, 0.25) is 0 Å². The van der Waals surface area contributed by atoms with E-state index in [4.69, 9.17) is 5.73 Å². The minimum atomic E-state index is -0.488. The fourth-order valence-electron chi connectivity index (χ4n) is 3.35. The van der Waals surface area contributed by atoms with Crippen LogP contribution in [0.5, 0.6) is 0 Å². The summed E-state index contributed by atoms with van der Waals surface area (Å²) in [6, 6.07) is 4.25. The van der Waals surface area contributed by atoms with Crippen molar-refractivity contribution < 1.29 is 8.78 Å². The van der Waals surface area contributed by atoms with Crippen molar-refractivity contribution in [2.75, 3.05) is 0 Å². The lowest BCUT2D eigenvalue weighted by Crippen LogP contribution is -2.40. The number of benzene rings is 1. The lowest BCUT2D eigenvalue weighted by atomic mass is 10.1. The number of nitrogens with two attached hydrogens (primary N) is 1. The number of guanidine groups is 1. The fraction of sp³-hybridized carbons (Fsp3) is 0.588. The average Bonchev–Trinajstić information content (AvgIpc) is 3.23. The molecule has 2 aliphatic carbocycles. The Morgan fingerprint density at radius 1 is 1.09 bits per heavy atom. The Bertz CT molecular complexity index is 531. The number of nitrogens with one attached hydrogen (secondary N) is 1. The van der Waals surface area contributed by atoms with Gasteiger partial charge in [0, 0.05) is 17.5 Å². The maximum atomic E-state index is 13.7. The topological polar surface area (TPSA) is 50.4 Å². The minimum absolute atomic E-state index is 0.107. The van der Waals surface area contributed by atoms with Crippen molar-refractivity contribution in [1.29, 1.82) is 0 Å². The third-order valence-corrected chi connectivity index (χ3v) is 4.64. The van der Waals surface area contributed by atoms with Gasteiger partial charge in [-0.15, -0.1) is 0 Å². The molecule has 2 unspecified atom stereocenters. The van der Waals surface area contributed by atoms with Gasteiger partial charge in [-0.3, -0.25) is 0 Å². The van der Waals surface area contributed by atoms with Crippen molar-refractivity contribution in [3.05, 3.63) is 35.4 Å². The Labute approximate surface area is 130 Å². The van der Waals surface area contributed by atoms with Gasteiger partial charge in [0.05, 0.1) is 6.04 Å². The summed E-state index contributed by atoms with van der Waals surface area (Å²) in [5.41, 5.74) is 6.12. The van der Waals surface area contributed by atoms with Gasteiger partial charge in [-0.2, -0.15) is 0 Å². The lowest BCUT2D eigenvalue weighted by molar-refractivity contribution is 0.529. The third-order valence-electron chi connectivity index (χ3n) is 4.64. The molecule has 120 valence electrons. The lowest BCUT2D eigenvalue weighted by Gasteiger charge is -2.16. The number of hydrogen-bond donors (Lipinski definition) is 2. The molecular weight excluding hydrogens is 284 g/mol. The van der Waals surface area contributed by atoms with E-state index in [1.54, 1.807) is 0 Å². The molecule has 0 radical (unpaired) electrons. The average molecular weight is 307 g/mol. The highest BCUT2D eigenvalue weighted by Crippen LogP contribution is 2.45. The van der Waals surface area contributed by atoms with Gasteiger partial charge in [0.1, 0.15) is 11.6 Å². The molecule has 2 atom stereocenters. The van der Waals surface area contributed by atoms with Crippen LogP contribution in [0.25, 0.3) is 0 Å². The number of hydrogen-bond acceptors (Lipinski definition) is 1. The Hall–Kier alpha value is -1.65. The van der Waals surface area contributed by atoms with Crippen LogP contribution in [0.15, 0.2) is 23.2 Å². The van der Waals surface area contributed by atoms with Gasteiger partial charge < -0.3 is 11.1 Å². The third kappa shape index (κ3) is 3.57. The second-order valence-corrected chi connectivity index (χ2v) is 6.39. The fourth-order valence-corrected chi connectivity index (χ4v) is 3.35. The van der Waals surface area contributed by atoms with Gasteiger partial charge in [0.15, 0.2) is 5.96 Å². The molecule has 0 saturated heterocycles. The van der Waals surface area contributed by atoms with Crippen LogP contribution in [0.4, 0.5) is 8.78 Å². The second kappa shape index (κ2) is 6.63. The van der Waals surface area contributed by atoms with E-state index < -0.39 is 11.6 Å². The smallest absolute Gasteiger partial charge is 0.189 e. The highest BCUT2D eigenvalue weighted by molar-refractivity contribution is 5.78. The van der Waals surface area contributed by atoms with Crippen molar-refractivity contribution >= 4 is 5.96 Å². The molecule has 1 aromatic carbocycles. The van der Waals surface area contributed by atoms with E-state index in [-0.39, 0.29) is 17.5 Å². The van der Waals surface area contributed by atoms with Gasteiger partial charge in [-0.25, -0.2) is 13.8 Å². The van der Waals surface area contributed by atoms with E-state index in [1.165, 1.54) is 43.9 Å². The van der Waals surface area contributed by atoms with Crippen molar-refractivity contribution in [3.63, 3.8) is 0 Å². The SMILES string of the molecule is NC(=NC1CC1c1c(F)cccc1F)NC1CCCCCC1. The largest absolute Gasteiger partial charge is 0.370 e. The monoisotopic (exact) mass is 307 g/mol. The first kappa shape index (κ1) is 15.3. The van der Waals surface area contributed by atoms with E-state index in [0.29, 0.717) is 18.4 Å². The predicted octanol–water partition coefficient (Wildman–Crippen LogP) is 3.45. The molecule has 0 aliphatic heterocycles. The molecule has 22 heavy (non-hydrogen) atoms. The van der Waals surface area contributed by atoms with Crippen molar-refractivity contribution in [1.82, 2.24) is 5.32 Å². The summed E-state index contributed by atoms with van der Waals surface area (Å²) in [5, 5.41) is 3.27. The number of nitrogens with zero attached hydrogens (tertiary/aromatic N) is 1. The molecule has 2 aliphatic rings. The van der Waals surface area contributed by atoms with Gasteiger partial charge >= 0.3 is 0 Å². The number of aliphatic imine (C=N–C) groups is 1. The van der Waals surface area contributed by atoms with Crippen molar-refractivity contribution in [2.45, 2.75) is 62.9 Å². The summed E-state index contributed by atoms with van der Waals surface area (Å²) < 4.78 is 27.5. The number of halogens is 2. The molecule has 1 aromatic rings. The van der Waals surface area contributed by atoms with Crippen LogP contribution >= 0.6 is 0 Å². The maximum Gasteiger partial charge on any atom is 0.189 e. The molecule has 0 aromatic heterocycles. The maximum absolute atomic E-state index is 13.7. The van der Waals surface area contributed by atoms with Gasteiger partial charge in [-0.05, 0) is 31.4 Å². The van der Waals surface area contributed by atoms with Crippen molar-refractivity contribution in [3.8, 4) is 0 Å². The van der Waals surface area contributed by atoms with Crippen LogP contribution in [0, 0.1) is 11.6 Å². The molecule has 2 fully saturated rings. The zero-order chi connectivity index (χ0) is 15.5. The Morgan fingerprint density at radius 2 is 1.73 bits per heavy atom. The van der Waals surface area contributed by atoms with E-state index in [0.717, 1.165) is 12.8 Å². The normalized spacial score (nSPS) is 26.5. The van der Waals surface area contributed by atoms with E-state index in [2.05, 4.69) is 10.3 Å². The molecule has 3 nitrogen and oxygen atoms in total. The molecule has 2 saturated carbocycles. The number of rotatable bonds is 3. The summed E-state index contributed by atoms with van der Waals surface area (Å²) in [6.07, 6.45) is 7.90. The predicted molar refractivity (Wildman–Crippen MR) is 83.8 cm³/mol. The van der Waals surface area contributed by atoms with Crippen molar-refractivity contribution in [2.24, 2.45) is 10.7 Å². The molecule has 0 amide bonds. The van der Waals surface area contributed by atoms with E-state index >= 15 is 0 Å². The van der Waals surface area contributed by atoms with Gasteiger partial charge in [-0.1, -0.05) is 31.7 Å². The van der Waals surface area contributed by atoms with Crippen LogP contribution in [0.1, 0.15) is 56.4 Å². The molecular formula is C17H23F2N3. The Morgan fingerprint density at radius 3 is 2.36 bits per heavy atom. The summed E-state index contributed by atoms with van der Waals surface area (Å²) in [7, 11) is 0. The van der Waals surface area contributed by atoms with E-state index in [1.807, 2.05) is 0 Å². The quantitative estimate of drug-likeness (QED) is 0.510. The van der Waals surface area contributed by atoms with Gasteiger partial charge in [0.25, 0.3) is 0 Å². The Kier molecular flexibility index (Phi) is 4.60.